The van der Waals surface area contributed by atoms with Gasteiger partial charge in [0.05, 0.1) is 5.75 Å². The van der Waals surface area contributed by atoms with E-state index in [0.29, 0.717) is 28.4 Å². The fourth-order valence-corrected chi connectivity index (χ4v) is 3.13. The Hall–Kier alpha value is -2.55. The van der Waals surface area contributed by atoms with E-state index in [4.69, 9.17) is 15.1 Å². The van der Waals surface area contributed by atoms with E-state index in [0.717, 1.165) is 16.9 Å². The van der Waals surface area contributed by atoms with Crippen LogP contribution in [0, 0.1) is 13.8 Å². The van der Waals surface area contributed by atoms with Gasteiger partial charge in [-0.25, -0.2) is 4.68 Å². The maximum Gasteiger partial charge on any atom is 0.232 e. The molecule has 144 valence electrons. The van der Waals surface area contributed by atoms with Gasteiger partial charge in [-0.05, 0) is 37.1 Å². The number of aromatic nitrogens is 5. The monoisotopic (exact) mass is 388 g/mol. The van der Waals surface area contributed by atoms with E-state index in [9.17, 15) is 0 Å². The molecule has 2 N–H and O–H groups in total. The first-order chi connectivity index (χ1) is 12.7. The van der Waals surface area contributed by atoms with Gasteiger partial charge in [0.2, 0.25) is 11.0 Å². The molecule has 0 aliphatic heterocycles. The highest BCUT2D eigenvalue weighted by atomic mass is 32.2. The predicted molar refractivity (Wildman–Crippen MR) is 103 cm³/mol. The Morgan fingerprint density at radius 3 is 2.48 bits per heavy atom. The number of rotatable bonds is 6. The van der Waals surface area contributed by atoms with Gasteiger partial charge in [-0.1, -0.05) is 43.8 Å². The topological polar surface area (TPSA) is 105 Å². The Morgan fingerprint density at radius 1 is 1.15 bits per heavy atom. The molecular formula is C18H24N6O2S. The van der Waals surface area contributed by atoms with Crippen LogP contribution in [0.25, 0.3) is 0 Å². The van der Waals surface area contributed by atoms with Crippen molar-refractivity contribution in [3.05, 3.63) is 46.9 Å². The molecule has 0 saturated carbocycles. The Kier molecular flexibility index (Phi) is 5.41. The van der Waals surface area contributed by atoms with E-state index in [1.165, 1.54) is 16.4 Å². The number of aryl methyl sites for hydroxylation is 2. The Balaban J connectivity index is 1.60. The number of thioether (sulfide) groups is 1. The molecule has 27 heavy (non-hydrogen) atoms. The van der Waals surface area contributed by atoms with Gasteiger partial charge in [-0.15, -0.1) is 10.2 Å². The highest BCUT2D eigenvalue weighted by molar-refractivity contribution is 7.98. The Morgan fingerprint density at radius 2 is 1.85 bits per heavy atom. The first-order valence-electron chi connectivity index (χ1n) is 8.58. The number of hydrogen-bond donors (Lipinski definition) is 1. The average molecular weight is 388 g/mol. The van der Waals surface area contributed by atoms with Crippen molar-refractivity contribution in [1.82, 2.24) is 25.0 Å². The summed E-state index contributed by atoms with van der Waals surface area (Å²) in [5.41, 5.74) is 2.11. The second-order valence-electron chi connectivity index (χ2n) is 7.44. The quantitative estimate of drug-likeness (QED) is 0.507. The fraction of sp³-hybridized carbons (Fsp3) is 0.444. The molecular weight excluding hydrogens is 364 g/mol. The van der Waals surface area contributed by atoms with Gasteiger partial charge in [0.1, 0.15) is 12.4 Å². The van der Waals surface area contributed by atoms with Crippen LogP contribution in [0.15, 0.2) is 27.9 Å². The summed E-state index contributed by atoms with van der Waals surface area (Å²) in [4.78, 5) is 4.40. The fourth-order valence-electron chi connectivity index (χ4n) is 2.41. The van der Waals surface area contributed by atoms with Crippen LogP contribution in [0.2, 0.25) is 0 Å². The average Bonchev–Trinajstić information content (AvgIpc) is 3.17. The molecule has 2 aromatic heterocycles. The van der Waals surface area contributed by atoms with Crippen molar-refractivity contribution in [2.45, 2.75) is 57.5 Å². The number of nitrogens with two attached hydrogens (primary N) is 1. The molecule has 8 nitrogen and oxygen atoms in total. The van der Waals surface area contributed by atoms with Crippen LogP contribution in [0.5, 0.6) is 5.75 Å². The largest absolute Gasteiger partial charge is 0.486 e. The third-order valence-corrected chi connectivity index (χ3v) is 4.68. The maximum atomic E-state index is 6.09. The summed E-state index contributed by atoms with van der Waals surface area (Å²) in [6.07, 6.45) is 0. The van der Waals surface area contributed by atoms with E-state index in [-0.39, 0.29) is 12.0 Å². The molecule has 0 bridgehead atoms. The van der Waals surface area contributed by atoms with E-state index < -0.39 is 0 Å². The smallest absolute Gasteiger partial charge is 0.232 e. The van der Waals surface area contributed by atoms with Gasteiger partial charge in [0.15, 0.2) is 11.6 Å². The summed E-state index contributed by atoms with van der Waals surface area (Å²) in [7, 11) is 0. The van der Waals surface area contributed by atoms with E-state index >= 15 is 0 Å². The van der Waals surface area contributed by atoms with Crippen molar-refractivity contribution in [3.8, 4) is 5.75 Å². The molecule has 3 rings (SSSR count). The number of nitrogen functional groups attached to an aromatic ring is 1. The molecule has 9 heteroatoms. The van der Waals surface area contributed by atoms with Gasteiger partial charge in [0.25, 0.3) is 0 Å². The summed E-state index contributed by atoms with van der Waals surface area (Å²) < 4.78 is 12.5. The van der Waals surface area contributed by atoms with Crippen molar-refractivity contribution in [3.63, 3.8) is 0 Å². The summed E-state index contributed by atoms with van der Waals surface area (Å²) in [6.45, 7) is 10.4. The zero-order valence-corrected chi connectivity index (χ0v) is 17.0. The SMILES string of the molecule is Cc1cc(C)cc(OCc2nnc(SCc3noc(C(C)(C)C)n3)n2N)c1. The summed E-state index contributed by atoms with van der Waals surface area (Å²) in [5.74, 6) is 9.12. The third kappa shape index (κ3) is 4.79. The molecule has 0 unspecified atom stereocenters. The summed E-state index contributed by atoms with van der Waals surface area (Å²) in [6, 6.07) is 6.04. The number of benzene rings is 1. The van der Waals surface area contributed by atoms with Gasteiger partial charge in [-0.2, -0.15) is 4.98 Å². The van der Waals surface area contributed by atoms with Crippen LogP contribution in [-0.2, 0) is 17.8 Å². The van der Waals surface area contributed by atoms with Crippen LogP contribution >= 0.6 is 11.8 Å². The van der Waals surface area contributed by atoms with E-state index in [1.807, 2.05) is 46.8 Å². The second kappa shape index (κ2) is 7.59. The first kappa shape index (κ1) is 19.2. The molecule has 0 aliphatic rings. The predicted octanol–water partition coefficient (Wildman–Crippen LogP) is 3.16. The molecule has 0 saturated heterocycles. The van der Waals surface area contributed by atoms with Gasteiger partial charge >= 0.3 is 0 Å². The third-order valence-electron chi connectivity index (χ3n) is 3.74. The normalized spacial score (nSPS) is 11.7. The Bertz CT molecular complexity index is 908. The number of nitrogens with zero attached hydrogens (tertiary/aromatic N) is 5. The van der Waals surface area contributed by atoms with Crippen LogP contribution in [0.4, 0.5) is 0 Å². The number of hydrogen-bond acceptors (Lipinski definition) is 8. The van der Waals surface area contributed by atoms with Crippen molar-refractivity contribution in [2.24, 2.45) is 0 Å². The zero-order chi connectivity index (χ0) is 19.6. The van der Waals surface area contributed by atoms with Crippen molar-refractivity contribution in [1.29, 1.82) is 0 Å². The molecule has 0 spiro atoms. The molecule has 0 atom stereocenters. The minimum atomic E-state index is -0.178. The maximum absolute atomic E-state index is 6.09. The van der Waals surface area contributed by atoms with Crippen molar-refractivity contribution < 1.29 is 9.26 Å². The zero-order valence-electron chi connectivity index (χ0n) is 16.2. The Labute approximate surface area is 162 Å². The molecule has 0 amide bonds. The second-order valence-corrected chi connectivity index (χ2v) is 8.38. The van der Waals surface area contributed by atoms with Crippen molar-refractivity contribution in [2.75, 3.05) is 5.84 Å². The molecule has 0 radical (unpaired) electrons. The molecule has 2 heterocycles. The number of ether oxygens (including phenoxy) is 1. The molecule has 1 aromatic carbocycles. The van der Waals surface area contributed by atoms with E-state index in [2.05, 4.69) is 26.4 Å². The highest BCUT2D eigenvalue weighted by Gasteiger charge is 2.22. The molecule has 0 fully saturated rings. The van der Waals surface area contributed by atoms with Gasteiger partial charge in [-0.3, -0.25) is 0 Å². The highest BCUT2D eigenvalue weighted by Crippen LogP contribution is 2.24. The van der Waals surface area contributed by atoms with Crippen molar-refractivity contribution >= 4 is 11.8 Å². The minimum absolute atomic E-state index is 0.178. The minimum Gasteiger partial charge on any atom is -0.486 e. The first-order valence-corrected chi connectivity index (χ1v) is 9.57. The van der Waals surface area contributed by atoms with Crippen LogP contribution in [-0.4, -0.2) is 25.0 Å². The van der Waals surface area contributed by atoms with Crippen LogP contribution in [0.3, 0.4) is 0 Å². The van der Waals surface area contributed by atoms with E-state index in [1.54, 1.807) is 0 Å². The lowest BCUT2D eigenvalue weighted by Crippen LogP contribution is -2.16. The van der Waals surface area contributed by atoms with Gasteiger partial charge in [0, 0.05) is 5.41 Å². The lowest BCUT2D eigenvalue weighted by Gasteiger charge is -2.10. The lowest BCUT2D eigenvalue weighted by molar-refractivity contribution is 0.291. The van der Waals surface area contributed by atoms with Gasteiger partial charge < -0.3 is 15.1 Å². The van der Waals surface area contributed by atoms with Crippen LogP contribution in [0.1, 0.15) is 49.4 Å². The lowest BCUT2D eigenvalue weighted by atomic mass is 9.97. The summed E-state index contributed by atoms with van der Waals surface area (Å²) >= 11 is 1.40. The summed E-state index contributed by atoms with van der Waals surface area (Å²) in [5, 5.41) is 12.8. The molecule has 3 aromatic rings. The van der Waals surface area contributed by atoms with Crippen LogP contribution < -0.4 is 10.6 Å². The molecule has 0 aliphatic carbocycles. The standard InChI is InChI=1S/C18H24N6O2S/c1-11-6-12(2)8-13(7-11)25-9-15-21-22-17(24(15)19)27-10-14-20-16(26-23-14)18(3,4)5/h6-8H,9-10,19H2,1-5H3.